The summed E-state index contributed by atoms with van der Waals surface area (Å²) >= 11 is 0. The number of rotatable bonds is 4. The van der Waals surface area contributed by atoms with Crippen molar-refractivity contribution in [2.75, 3.05) is 19.4 Å². The third kappa shape index (κ3) is 3.79. The topological polar surface area (TPSA) is 55.6 Å². The van der Waals surface area contributed by atoms with Gasteiger partial charge in [0, 0.05) is 6.04 Å². The number of nitrogens with two attached hydrogens (primary N) is 1. The molecule has 0 radical (unpaired) electrons. The lowest BCUT2D eigenvalue weighted by Gasteiger charge is -2.28. The van der Waals surface area contributed by atoms with Gasteiger partial charge in [-0.2, -0.15) is 13.2 Å². The van der Waals surface area contributed by atoms with Crippen LogP contribution >= 0.6 is 0 Å². The van der Waals surface area contributed by atoms with Crippen molar-refractivity contribution in [3.8, 4) is 5.75 Å². The van der Waals surface area contributed by atoms with Crippen LogP contribution in [0.5, 0.6) is 5.75 Å². The van der Waals surface area contributed by atoms with Gasteiger partial charge in [0.2, 0.25) is 0 Å². The largest absolute Gasteiger partial charge is 0.494 e. The van der Waals surface area contributed by atoms with Crippen molar-refractivity contribution < 1.29 is 22.7 Å². The summed E-state index contributed by atoms with van der Waals surface area (Å²) in [5.74, 6) is -0.674. The molecule has 0 aliphatic heterocycles. The van der Waals surface area contributed by atoms with Gasteiger partial charge in [0.15, 0.2) is 5.75 Å². The highest BCUT2D eigenvalue weighted by atomic mass is 19.4. The van der Waals surface area contributed by atoms with E-state index in [1.807, 2.05) is 0 Å². The Morgan fingerprint density at radius 3 is 2.45 bits per heavy atom. The first-order valence-corrected chi connectivity index (χ1v) is 5.97. The van der Waals surface area contributed by atoms with Crippen molar-refractivity contribution in [3.63, 3.8) is 0 Å². The van der Waals surface area contributed by atoms with Crippen molar-refractivity contribution in [1.82, 2.24) is 4.90 Å². The van der Waals surface area contributed by atoms with Crippen LogP contribution in [0, 0.1) is 0 Å². The van der Waals surface area contributed by atoms with Gasteiger partial charge >= 0.3 is 6.18 Å². The molecule has 2 N–H and O–H groups in total. The monoisotopic (exact) mass is 290 g/mol. The van der Waals surface area contributed by atoms with E-state index in [0.29, 0.717) is 0 Å². The number of anilines is 1. The van der Waals surface area contributed by atoms with Crippen LogP contribution in [0.2, 0.25) is 0 Å². The Balaban J connectivity index is 3.17. The number of nitrogens with zero attached hydrogens (tertiary/aromatic N) is 1. The molecule has 0 fully saturated rings. The summed E-state index contributed by atoms with van der Waals surface area (Å²) in [6.07, 6.45) is -4.46. The molecule has 0 aliphatic carbocycles. The average Bonchev–Trinajstić information content (AvgIpc) is 2.33. The van der Waals surface area contributed by atoms with Gasteiger partial charge in [-0.15, -0.1) is 0 Å². The number of ether oxygens (including phenoxy) is 1. The predicted octanol–water partition coefficient (Wildman–Crippen LogP) is 2.69. The zero-order valence-corrected chi connectivity index (χ0v) is 11.5. The first-order valence-electron chi connectivity index (χ1n) is 5.97. The van der Waals surface area contributed by atoms with Gasteiger partial charge in [0.25, 0.3) is 5.91 Å². The van der Waals surface area contributed by atoms with E-state index in [2.05, 4.69) is 0 Å². The van der Waals surface area contributed by atoms with Gasteiger partial charge in [-0.3, -0.25) is 4.79 Å². The number of hydrogen-bond acceptors (Lipinski definition) is 3. The predicted molar refractivity (Wildman–Crippen MR) is 69.6 cm³/mol. The smallest absolute Gasteiger partial charge is 0.406 e. The van der Waals surface area contributed by atoms with Crippen LogP contribution in [-0.4, -0.2) is 36.7 Å². The SMILES string of the molecule is COc1c(N)cccc1C(=O)N(CC(F)(F)F)C(C)C. The first kappa shape index (κ1) is 16.1. The molecular formula is C13H17F3N2O2. The fourth-order valence-corrected chi connectivity index (χ4v) is 1.79. The minimum Gasteiger partial charge on any atom is -0.494 e. The number of nitrogen functional groups attached to an aromatic ring is 1. The molecule has 1 amide bonds. The number of amides is 1. The van der Waals surface area contributed by atoms with Crippen molar-refractivity contribution in [2.24, 2.45) is 0 Å². The van der Waals surface area contributed by atoms with Crippen molar-refractivity contribution in [1.29, 1.82) is 0 Å². The Morgan fingerprint density at radius 1 is 1.40 bits per heavy atom. The van der Waals surface area contributed by atoms with E-state index in [-0.39, 0.29) is 17.0 Å². The molecule has 20 heavy (non-hydrogen) atoms. The van der Waals surface area contributed by atoms with E-state index in [1.165, 1.54) is 39.2 Å². The molecule has 0 saturated heterocycles. The summed E-state index contributed by atoms with van der Waals surface area (Å²) in [7, 11) is 1.31. The highest BCUT2D eigenvalue weighted by Crippen LogP contribution is 2.28. The molecule has 4 nitrogen and oxygen atoms in total. The van der Waals surface area contributed by atoms with Gasteiger partial charge in [-0.25, -0.2) is 0 Å². The zero-order chi connectivity index (χ0) is 15.5. The van der Waals surface area contributed by atoms with Gasteiger partial charge in [0.1, 0.15) is 6.54 Å². The molecule has 0 bridgehead atoms. The fourth-order valence-electron chi connectivity index (χ4n) is 1.79. The molecule has 112 valence electrons. The van der Waals surface area contributed by atoms with Crippen LogP contribution in [0.3, 0.4) is 0 Å². The summed E-state index contributed by atoms with van der Waals surface area (Å²) in [5.41, 5.74) is 5.88. The molecule has 1 aromatic carbocycles. The van der Waals surface area contributed by atoms with Crippen LogP contribution in [-0.2, 0) is 0 Å². The number of hydrogen-bond donors (Lipinski definition) is 1. The zero-order valence-electron chi connectivity index (χ0n) is 11.5. The Hall–Kier alpha value is -1.92. The number of halogens is 3. The second-order valence-electron chi connectivity index (χ2n) is 4.57. The Morgan fingerprint density at radius 2 is 2.00 bits per heavy atom. The Labute approximate surface area is 115 Å². The maximum absolute atomic E-state index is 12.6. The number of alkyl halides is 3. The molecule has 0 atom stereocenters. The summed E-state index contributed by atoms with van der Waals surface area (Å²) in [6, 6.07) is 3.80. The molecule has 0 spiro atoms. The van der Waals surface area contributed by atoms with E-state index in [0.717, 1.165) is 4.90 Å². The molecule has 0 aliphatic rings. The van der Waals surface area contributed by atoms with Crippen LogP contribution in [0.1, 0.15) is 24.2 Å². The van der Waals surface area contributed by atoms with E-state index in [9.17, 15) is 18.0 Å². The van der Waals surface area contributed by atoms with Crippen molar-refractivity contribution >= 4 is 11.6 Å². The second-order valence-corrected chi connectivity index (χ2v) is 4.57. The summed E-state index contributed by atoms with van der Waals surface area (Å²) < 4.78 is 42.7. The van der Waals surface area contributed by atoms with E-state index < -0.39 is 24.7 Å². The summed E-state index contributed by atoms with van der Waals surface area (Å²) in [4.78, 5) is 13.0. The Kier molecular flexibility index (Phi) is 4.86. The highest BCUT2D eigenvalue weighted by molar-refractivity contribution is 5.98. The molecule has 0 saturated carbocycles. The maximum Gasteiger partial charge on any atom is 0.406 e. The lowest BCUT2D eigenvalue weighted by atomic mass is 10.1. The second kappa shape index (κ2) is 6.02. The molecule has 0 aromatic heterocycles. The van der Waals surface area contributed by atoms with Crippen LogP contribution in [0.15, 0.2) is 18.2 Å². The third-order valence-corrected chi connectivity index (χ3v) is 2.71. The fraction of sp³-hybridized carbons (Fsp3) is 0.462. The Bertz CT molecular complexity index is 487. The normalized spacial score (nSPS) is 11.6. The molecular weight excluding hydrogens is 273 g/mol. The molecule has 0 heterocycles. The lowest BCUT2D eigenvalue weighted by Crippen LogP contribution is -2.43. The van der Waals surface area contributed by atoms with Crippen LogP contribution < -0.4 is 10.5 Å². The van der Waals surface area contributed by atoms with E-state index >= 15 is 0 Å². The minimum absolute atomic E-state index is 0.0189. The lowest BCUT2D eigenvalue weighted by molar-refractivity contribution is -0.143. The van der Waals surface area contributed by atoms with Gasteiger partial charge in [-0.1, -0.05) is 6.07 Å². The number of benzene rings is 1. The number of para-hydroxylation sites is 1. The standard InChI is InChI=1S/C13H17F3N2O2/c1-8(2)18(7-13(14,15)16)12(19)9-5-4-6-10(17)11(9)20-3/h4-6,8H,7,17H2,1-3H3. The highest BCUT2D eigenvalue weighted by Gasteiger charge is 2.35. The van der Waals surface area contributed by atoms with Crippen molar-refractivity contribution in [2.45, 2.75) is 26.1 Å². The van der Waals surface area contributed by atoms with Crippen molar-refractivity contribution in [3.05, 3.63) is 23.8 Å². The average molecular weight is 290 g/mol. The number of carbonyl (C=O) groups excluding carboxylic acids is 1. The van der Waals surface area contributed by atoms with E-state index in [1.54, 1.807) is 0 Å². The minimum atomic E-state index is -4.46. The number of carbonyl (C=O) groups is 1. The van der Waals surface area contributed by atoms with Gasteiger partial charge < -0.3 is 15.4 Å². The molecule has 1 rings (SSSR count). The number of methoxy groups -OCH3 is 1. The molecule has 1 aromatic rings. The maximum atomic E-state index is 12.6. The molecule has 7 heteroatoms. The van der Waals surface area contributed by atoms with E-state index in [4.69, 9.17) is 10.5 Å². The van der Waals surface area contributed by atoms with Crippen LogP contribution in [0.25, 0.3) is 0 Å². The van der Waals surface area contributed by atoms with Gasteiger partial charge in [0.05, 0.1) is 18.4 Å². The summed E-state index contributed by atoms with van der Waals surface area (Å²) in [5, 5.41) is 0. The molecule has 0 unspecified atom stereocenters. The quantitative estimate of drug-likeness (QED) is 0.867. The van der Waals surface area contributed by atoms with Crippen LogP contribution in [0.4, 0.5) is 18.9 Å². The van der Waals surface area contributed by atoms with Gasteiger partial charge in [-0.05, 0) is 26.0 Å². The third-order valence-electron chi connectivity index (χ3n) is 2.71. The first-order chi connectivity index (χ1) is 9.17. The summed E-state index contributed by atoms with van der Waals surface area (Å²) in [6.45, 7) is 1.71.